The van der Waals surface area contributed by atoms with Crippen molar-refractivity contribution < 1.29 is 4.74 Å². The maximum Gasteiger partial charge on any atom is 0.142 e. The van der Waals surface area contributed by atoms with Gasteiger partial charge in [0.15, 0.2) is 0 Å². The molecular weight excluding hydrogens is 214 g/mol. The molecule has 0 radical (unpaired) electrons. The van der Waals surface area contributed by atoms with Crippen molar-refractivity contribution in [2.45, 2.75) is 44.9 Å². The Morgan fingerprint density at radius 3 is 2.88 bits per heavy atom. The van der Waals surface area contributed by atoms with Gasteiger partial charge in [-0.2, -0.15) is 0 Å². The molecule has 1 heterocycles. The Kier molecular flexibility index (Phi) is 3.05. The minimum Gasteiger partial charge on any atom is -0.356 e. The number of hydrogen-bond acceptors (Lipinski definition) is 3. The van der Waals surface area contributed by atoms with Crippen molar-refractivity contribution >= 4 is 11.0 Å². The molecule has 0 saturated heterocycles. The van der Waals surface area contributed by atoms with Crippen LogP contribution in [-0.2, 0) is 11.5 Å². The molecule has 1 aromatic carbocycles. The molecule has 0 amide bonds. The number of hydrogen-bond donors (Lipinski definition) is 0. The summed E-state index contributed by atoms with van der Waals surface area (Å²) < 4.78 is 7.73. The minimum atomic E-state index is 0.409. The largest absolute Gasteiger partial charge is 0.356 e. The molecule has 0 spiro atoms. The Hall–Kier alpha value is -1.42. The first-order valence-corrected chi connectivity index (χ1v) is 6.33. The number of aromatic nitrogens is 3. The number of benzene rings is 1. The lowest BCUT2D eigenvalue weighted by Gasteiger charge is -2.21. The lowest BCUT2D eigenvalue weighted by molar-refractivity contribution is -0.0165. The third-order valence-corrected chi connectivity index (χ3v) is 3.40. The van der Waals surface area contributed by atoms with E-state index in [0.717, 1.165) is 11.0 Å². The molecule has 1 saturated carbocycles. The standard InChI is InChI=1S/C13H17N3O/c1-2-6-11(7-3-1)17-10-16-13-9-5-4-8-12(13)14-15-16/h4-5,8-9,11H,1-3,6-7,10H2. The molecule has 17 heavy (non-hydrogen) atoms. The molecule has 0 bridgehead atoms. The number of nitrogens with zero attached hydrogens (tertiary/aromatic N) is 3. The maximum atomic E-state index is 5.90. The summed E-state index contributed by atoms with van der Waals surface area (Å²) in [4.78, 5) is 0. The van der Waals surface area contributed by atoms with Crippen molar-refractivity contribution in [3.05, 3.63) is 24.3 Å². The summed E-state index contributed by atoms with van der Waals surface area (Å²) in [5, 5.41) is 8.24. The summed E-state index contributed by atoms with van der Waals surface area (Å²) in [5.41, 5.74) is 1.98. The Morgan fingerprint density at radius 2 is 2.00 bits per heavy atom. The van der Waals surface area contributed by atoms with Crippen LogP contribution in [0.15, 0.2) is 24.3 Å². The zero-order valence-corrected chi connectivity index (χ0v) is 9.88. The summed E-state index contributed by atoms with van der Waals surface area (Å²) >= 11 is 0. The summed E-state index contributed by atoms with van der Waals surface area (Å²) in [6.07, 6.45) is 6.73. The molecule has 1 fully saturated rings. The van der Waals surface area contributed by atoms with Crippen LogP contribution in [0.1, 0.15) is 32.1 Å². The summed E-state index contributed by atoms with van der Waals surface area (Å²) in [7, 11) is 0. The van der Waals surface area contributed by atoms with E-state index in [9.17, 15) is 0 Å². The topological polar surface area (TPSA) is 39.9 Å². The smallest absolute Gasteiger partial charge is 0.142 e. The highest BCUT2D eigenvalue weighted by Crippen LogP contribution is 2.21. The molecule has 4 nitrogen and oxygen atoms in total. The molecule has 3 rings (SSSR count). The molecule has 0 unspecified atom stereocenters. The zero-order chi connectivity index (χ0) is 11.5. The van der Waals surface area contributed by atoms with Crippen LogP contribution in [0.4, 0.5) is 0 Å². The van der Waals surface area contributed by atoms with Gasteiger partial charge in [-0.25, -0.2) is 4.68 Å². The van der Waals surface area contributed by atoms with E-state index in [1.165, 1.54) is 32.1 Å². The first-order chi connectivity index (χ1) is 8.43. The van der Waals surface area contributed by atoms with E-state index in [4.69, 9.17) is 4.74 Å². The van der Waals surface area contributed by atoms with E-state index in [2.05, 4.69) is 10.3 Å². The van der Waals surface area contributed by atoms with Gasteiger partial charge in [0.2, 0.25) is 0 Å². The number of ether oxygens (including phenoxy) is 1. The van der Waals surface area contributed by atoms with Crippen LogP contribution >= 0.6 is 0 Å². The van der Waals surface area contributed by atoms with Gasteiger partial charge in [0.05, 0.1) is 11.6 Å². The van der Waals surface area contributed by atoms with E-state index < -0.39 is 0 Å². The van der Waals surface area contributed by atoms with Gasteiger partial charge in [-0.05, 0) is 25.0 Å². The average molecular weight is 231 g/mol. The van der Waals surface area contributed by atoms with Crippen molar-refractivity contribution in [2.75, 3.05) is 0 Å². The van der Waals surface area contributed by atoms with E-state index in [-0.39, 0.29) is 0 Å². The van der Waals surface area contributed by atoms with E-state index in [0.29, 0.717) is 12.8 Å². The molecule has 0 aliphatic heterocycles. The average Bonchev–Trinajstić information content (AvgIpc) is 2.81. The SMILES string of the molecule is c1ccc2c(c1)nnn2COC1CCCCC1. The minimum absolute atomic E-state index is 0.409. The molecular formula is C13H17N3O. The molecule has 2 aromatic rings. The molecule has 0 atom stereocenters. The predicted octanol–water partition coefficient (Wildman–Crippen LogP) is 2.74. The highest BCUT2D eigenvalue weighted by atomic mass is 16.5. The summed E-state index contributed by atoms with van der Waals surface area (Å²) in [6, 6.07) is 7.98. The molecule has 0 N–H and O–H groups in total. The van der Waals surface area contributed by atoms with Gasteiger partial charge in [0, 0.05) is 0 Å². The van der Waals surface area contributed by atoms with Crippen molar-refractivity contribution in [1.82, 2.24) is 15.0 Å². The lowest BCUT2D eigenvalue weighted by Crippen LogP contribution is -2.18. The fourth-order valence-corrected chi connectivity index (χ4v) is 2.42. The van der Waals surface area contributed by atoms with E-state index in [1.54, 1.807) is 0 Å². The van der Waals surface area contributed by atoms with Gasteiger partial charge in [-0.3, -0.25) is 0 Å². The Bertz CT molecular complexity index is 488. The Morgan fingerprint density at radius 1 is 1.18 bits per heavy atom. The fraction of sp³-hybridized carbons (Fsp3) is 0.538. The van der Waals surface area contributed by atoms with E-state index >= 15 is 0 Å². The number of fused-ring (bicyclic) bond motifs is 1. The van der Waals surface area contributed by atoms with Crippen LogP contribution in [0.25, 0.3) is 11.0 Å². The first-order valence-electron chi connectivity index (χ1n) is 6.33. The van der Waals surface area contributed by atoms with Gasteiger partial charge < -0.3 is 4.74 Å². The van der Waals surface area contributed by atoms with Crippen molar-refractivity contribution in [2.24, 2.45) is 0 Å². The van der Waals surface area contributed by atoms with Crippen LogP contribution < -0.4 is 0 Å². The predicted molar refractivity (Wildman–Crippen MR) is 65.5 cm³/mol. The molecule has 1 aliphatic carbocycles. The van der Waals surface area contributed by atoms with E-state index in [1.807, 2.05) is 28.9 Å². The Labute approximate surface area is 101 Å². The molecule has 1 aromatic heterocycles. The van der Waals surface area contributed by atoms with Gasteiger partial charge in [0.1, 0.15) is 12.2 Å². The second-order valence-electron chi connectivity index (χ2n) is 4.63. The fourth-order valence-electron chi connectivity index (χ4n) is 2.42. The molecule has 4 heteroatoms. The molecule has 90 valence electrons. The molecule has 1 aliphatic rings. The number of para-hydroxylation sites is 1. The zero-order valence-electron chi connectivity index (χ0n) is 9.88. The van der Waals surface area contributed by atoms with Crippen LogP contribution in [0.3, 0.4) is 0 Å². The monoisotopic (exact) mass is 231 g/mol. The van der Waals surface area contributed by atoms with Crippen LogP contribution in [0, 0.1) is 0 Å². The van der Waals surface area contributed by atoms with Crippen LogP contribution in [0.5, 0.6) is 0 Å². The van der Waals surface area contributed by atoms with Gasteiger partial charge in [-0.15, -0.1) is 5.10 Å². The second kappa shape index (κ2) is 4.84. The lowest BCUT2D eigenvalue weighted by atomic mass is 9.98. The highest BCUT2D eigenvalue weighted by molar-refractivity contribution is 5.73. The Balaban J connectivity index is 1.68. The maximum absolute atomic E-state index is 5.90. The van der Waals surface area contributed by atoms with Gasteiger partial charge in [-0.1, -0.05) is 36.6 Å². The first kappa shape index (κ1) is 10.7. The third-order valence-electron chi connectivity index (χ3n) is 3.40. The van der Waals surface area contributed by atoms with Crippen molar-refractivity contribution in [3.8, 4) is 0 Å². The number of rotatable bonds is 3. The second-order valence-corrected chi connectivity index (χ2v) is 4.63. The highest BCUT2D eigenvalue weighted by Gasteiger charge is 2.14. The summed E-state index contributed by atoms with van der Waals surface area (Å²) in [5.74, 6) is 0. The van der Waals surface area contributed by atoms with Crippen LogP contribution in [-0.4, -0.2) is 21.1 Å². The quantitative estimate of drug-likeness (QED) is 0.815. The van der Waals surface area contributed by atoms with Crippen molar-refractivity contribution in [3.63, 3.8) is 0 Å². The van der Waals surface area contributed by atoms with Gasteiger partial charge >= 0.3 is 0 Å². The van der Waals surface area contributed by atoms with Crippen LogP contribution in [0.2, 0.25) is 0 Å². The van der Waals surface area contributed by atoms with Gasteiger partial charge in [0.25, 0.3) is 0 Å². The summed E-state index contributed by atoms with van der Waals surface area (Å²) in [6.45, 7) is 0.519. The normalized spacial score (nSPS) is 17.6. The third kappa shape index (κ3) is 2.31. The van der Waals surface area contributed by atoms with Crippen molar-refractivity contribution in [1.29, 1.82) is 0 Å².